The number of nitrogens with zero attached hydrogens (tertiary/aromatic N) is 2. The molecule has 0 aromatic heterocycles. The number of nitrogens with one attached hydrogen (secondary N) is 1. The standard InChI is InChI=1S/C37H40Cl3N3O7S/c1-37(2,3)41-36(45)31(19-24-10-8-7-9-11-24)42(22-25-12-15-28(39)29(40)18-25)35(44)23-43(30-20-26(38)13-16-32(30)48-4)51(46,47)27-14-17-33(49-5)34(21-27)50-6/h7-18,20-21,31H,19,22-23H2,1-6H3,(H,41,45). The molecule has 0 heterocycles. The molecule has 4 aromatic carbocycles. The quantitative estimate of drug-likeness (QED) is 0.142. The average molecular weight is 777 g/mol. The Kier molecular flexibility index (Phi) is 13.1. The van der Waals surface area contributed by atoms with Gasteiger partial charge in [-0.05, 0) is 74.4 Å². The van der Waals surface area contributed by atoms with Crippen molar-refractivity contribution >= 4 is 62.3 Å². The molecule has 4 aromatic rings. The van der Waals surface area contributed by atoms with Crippen molar-refractivity contribution in [2.75, 3.05) is 32.2 Å². The Labute approximate surface area is 314 Å². The van der Waals surface area contributed by atoms with Crippen LogP contribution in [-0.4, -0.2) is 64.6 Å². The first-order valence-electron chi connectivity index (χ1n) is 15.8. The second kappa shape index (κ2) is 16.9. The zero-order valence-electron chi connectivity index (χ0n) is 29.1. The van der Waals surface area contributed by atoms with Crippen LogP contribution in [0.2, 0.25) is 15.1 Å². The van der Waals surface area contributed by atoms with Crippen LogP contribution in [0.25, 0.3) is 0 Å². The van der Waals surface area contributed by atoms with Crippen molar-refractivity contribution in [3.8, 4) is 17.2 Å². The minimum atomic E-state index is -4.54. The molecule has 0 saturated heterocycles. The number of hydrogen-bond donors (Lipinski definition) is 1. The Bertz CT molecular complexity index is 1970. The van der Waals surface area contributed by atoms with Crippen LogP contribution < -0.4 is 23.8 Å². The second-order valence-corrected chi connectivity index (χ2v) is 15.7. The molecule has 0 fully saturated rings. The fourth-order valence-electron chi connectivity index (χ4n) is 5.32. The van der Waals surface area contributed by atoms with Crippen molar-refractivity contribution in [3.63, 3.8) is 0 Å². The highest BCUT2D eigenvalue weighted by atomic mass is 35.5. The van der Waals surface area contributed by atoms with Crippen LogP contribution >= 0.6 is 34.8 Å². The number of rotatable bonds is 14. The molecule has 4 rings (SSSR count). The van der Waals surface area contributed by atoms with E-state index >= 15 is 0 Å². The van der Waals surface area contributed by atoms with E-state index in [2.05, 4.69) is 5.32 Å². The molecule has 10 nitrogen and oxygen atoms in total. The topological polar surface area (TPSA) is 114 Å². The lowest BCUT2D eigenvalue weighted by Crippen LogP contribution is -2.56. The van der Waals surface area contributed by atoms with Gasteiger partial charge in [0.2, 0.25) is 11.8 Å². The van der Waals surface area contributed by atoms with Gasteiger partial charge in [-0.25, -0.2) is 8.42 Å². The van der Waals surface area contributed by atoms with Crippen molar-refractivity contribution in [3.05, 3.63) is 111 Å². The summed E-state index contributed by atoms with van der Waals surface area (Å²) >= 11 is 19.0. The molecule has 2 amide bonds. The highest BCUT2D eigenvalue weighted by molar-refractivity contribution is 7.92. The van der Waals surface area contributed by atoms with Crippen molar-refractivity contribution in [2.24, 2.45) is 0 Å². The predicted octanol–water partition coefficient (Wildman–Crippen LogP) is 7.42. The molecule has 0 spiro atoms. The predicted molar refractivity (Wildman–Crippen MR) is 201 cm³/mol. The summed E-state index contributed by atoms with van der Waals surface area (Å²) in [5.41, 5.74) is 0.696. The van der Waals surface area contributed by atoms with Crippen LogP contribution in [0.15, 0.2) is 89.8 Å². The third-order valence-corrected chi connectivity index (χ3v) is 10.5. The highest BCUT2D eigenvalue weighted by Gasteiger charge is 2.37. The van der Waals surface area contributed by atoms with Crippen LogP contribution in [0.3, 0.4) is 0 Å². The molecule has 0 saturated carbocycles. The van der Waals surface area contributed by atoms with Crippen molar-refractivity contribution in [2.45, 2.75) is 50.2 Å². The molecule has 0 aliphatic carbocycles. The fourth-order valence-corrected chi connectivity index (χ4v) is 7.24. The third kappa shape index (κ3) is 10.0. The highest BCUT2D eigenvalue weighted by Crippen LogP contribution is 2.37. The second-order valence-electron chi connectivity index (χ2n) is 12.6. The zero-order chi connectivity index (χ0) is 37.5. The lowest BCUT2D eigenvalue weighted by Gasteiger charge is -2.35. The molecule has 1 N–H and O–H groups in total. The number of methoxy groups -OCH3 is 3. The van der Waals surface area contributed by atoms with Crippen LogP contribution in [0, 0.1) is 0 Å². The first kappa shape index (κ1) is 39.6. The fraction of sp³-hybridized carbons (Fsp3) is 0.297. The van der Waals surface area contributed by atoms with Crippen LogP contribution in [0.5, 0.6) is 17.2 Å². The summed E-state index contributed by atoms with van der Waals surface area (Å²) in [4.78, 5) is 30.1. The maximum absolute atomic E-state index is 14.8. The zero-order valence-corrected chi connectivity index (χ0v) is 32.2. The molecular formula is C37H40Cl3N3O7S. The van der Waals surface area contributed by atoms with Crippen LogP contribution in [0.1, 0.15) is 31.9 Å². The molecule has 272 valence electrons. The van der Waals surface area contributed by atoms with Crippen molar-refractivity contribution in [1.82, 2.24) is 10.2 Å². The van der Waals surface area contributed by atoms with Crippen LogP contribution in [0.4, 0.5) is 5.69 Å². The largest absolute Gasteiger partial charge is 0.495 e. The smallest absolute Gasteiger partial charge is 0.265 e. The number of carbonyl (C=O) groups excluding carboxylic acids is 2. The Balaban J connectivity index is 1.91. The van der Waals surface area contributed by atoms with E-state index in [4.69, 9.17) is 49.0 Å². The number of carbonyl (C=O) groups is 2. The Morgan fingerprint density at radius 1 is 0.765 bits per heavy atom. The first-order chi connectivity index (χ1) is 24.1. The van der Waals surface area contributed by atoms with E-state index in [1.807, 2.05) is 51.1 Å². The Morgan fingerprint density at radius 2 is 1.41 bits per heavy atom. The van der Waals surface area contributed by atoms with Crippen molar-refractivity contribution < 1.29 is 32.2 Å². The first-order valence-corrected chi connectivity index (χ1v) is 18.3. The number of sulfonamides is 1. The minimum absolute atomic E-state index is 0.00127. The van der Waals surface area contributed by atoms with E-state index < -0.39 is 40.0 Å². The van der Waals surface area contributed by atoms with Gasteiger partial charge in [0, 0.05) is 29.6 Å². The van der Waals surface area contributed by atoms with E-state index in [1.165, 1.54) is 62.6 Å². The van der Waals surface area contributed by atoms with E-state index in [1.54, 1.807) is 18.2 Å². The lowest BCUT2D eigenvalue weighted by molar-refractivity contribution is -0.140. The van der Waals surface area contributed by atoms with E-state index in [0.717, 1.165) is 9.87 Å². The molecule has 51 heavy (non-hydrogen) atoms. The summed E-state index contributed by atoms with van der Waals surface area (Å²) in [7, 11) is -0.352. The van der Waals surface area contributed by atoms with Gasteiger partial charge < -0.3 is 24.4 Å². The van der Waals surface area contributed by atoms with Gasteiger partial charge in [-0.15, -0.1) is 0 Å². The summed E-state index contributed by atoms with van der Waals surface area (Å²) in [5, 5.41) is 3.76. The number of anilines is 1. The van der Waals surface area contributed by atoms with Crippen molar-refractivity contribution in [1.29, 1.82) is 0 Å². The summed E-state index contributed by atoms with van der Waals surface area (Å²) in [6.07, 6.45) is 0.124. The molecule has 0 bridgehead atoms. The maximum Gasteiger partial charge on any atom is 0.265 e. The van der Waals surface area contributed by atoms with Gasteiger partial charge in [-0.3, -0.25) is 13.9 Å². The summed E-state index contributed by atoms with van der Waals surface area (Å²) in [6.45, 7) is 4.64. The van der Waals surface area contributed by atoms with Gasteiger partial charge in [0.05, 0.1) is 42.0 Å². The lowest BCUT2D eigenvalue weighted by atomic mass is 10.0. The van der Waals surface area contributed by atoms with Gasteiger partial charge >= 0.3 is 0 Å². The molecule has 0 aliphatic rings. The average Bonchev–Trinajstić information content (AvgIpc) is 3.09. The Hall–Kier alpha value is -4.16. The summed E-state index contributed by atoms with van der Waals surface area (Å²) in [5.74, 6) is -0.531. The monoisotopic (exact) mass is 775 g/mol. The molecule has 14 heteroatoms. The number of halogens is 3. The van der Waals surface area contributed by atoms with E-state index in [0.29, 0.717) is 16.3 Å². The molecular weight excluding hydrogens is 737 g/mol. The maximum atomic E-state index is 14.8. The third-order valence-electron chi connectivity index (χ3n) is 7.74. The van der Waals surface area contributed by atoms with Crippen LogP contribution in [-0.2, 0) is 32.6 Å². The van der Waals surface area contributed by atoms with Gasteiger partial charge in [0.15, 0.2) is 11.5 Å². The Morgan fingerprint density at radius 3 is 2.02 bits per heavy atom. The molecule has 0 radical (unpaired) electrons. The number of hydrogen-bond acceptors (Lipinski definition) is 7. The SMILES string of the molecule is COc1ccc(S(=O)(=O)N(CC(=O)N(Cc2ccc(Cl)c(Cl)c2)C(Cc2ccccc2)C(=O)NC(C)(C)C)c2cc(Cl)ccc2OC)cc1OC. The molecule has 0 aliphatic heterocycles. The summed E-state index contributed by atoms with van der Waals surface area (Å²) < 4.78 is 46.4. The number of benzene rings is 4. The summed E-state index contributed by atoms with van der Waals surface area (Å²) in [6, 6.07) is 21.5. The molecule has 1 unspecified atom stereocenters. The molecule has 1 atom stereocenters. The van der Waals surface area contributed by atoms with E-state index in [-0.39, 0.29) is 45.1 Å². The van der Waals surface area contributed by atoms with Gasteiger partial charge in [-0.1, -0.05) is 71.2 Å². The number of amides is 2. The van der Waals surface area contributed by atoms with Gasteiger partial charge in [0.25, 0.3) is 10.0 Å². The minimum Gasteiger partial charge on any atom is -0.495 e. The van der Waals surface area contributed by atoms with E-state index in [9.17, 15) is 18.0 Å². The van der Waals surface area contributed by atoms with Gasteiger partial charge in [0.1, 0.15) is 18.3 Å². The van der Waals surface area contributed by atoms with Gasteiger partial charge in [-0.2, -0.15) is 0 Å². The number of ether oxygens (including phenoxy) is 3. The normalized spacial score (nSPS) is 12.1.